The molecule has 0 atom stereocenters. The van der Waals surface area contributed by atoms with E-state index in [2.05, 4.69) is 35.4 Å². The Morgan fingerprint density at radius 2 is 1.70 bits per heavy atom. The van der Waals surface area contributed by atoms with E-state index in [4.69, 9.17) is 0 Å². The van der Waals surface area contributed by atoms with Crippen molar-refractivity contribution in [2.24, 2.45) is 5.41 Å². The van der Waals surface area contributed by atoms with E-state index in [1.807, 2.05) is 0 Å². The third kappa shape index (κ3) is 1.43. The summed E-state index contributed by atoms with van der Waals surface area (Å²) in [5.41, 5.74) is 2.38. The van der Waals surface area contributed by atoms with Crippen LogP contribution in [0.1, 0.15) is 44.1 Å². The number of carboxylic acids is 1. The highest BCUT2D eigenvalue weighted by Gasteiger charge is 2.53. The predicted molar refractivity (Wildman–Crippen MR) is 77.7 cm³/mol. The standard InChI is InChI=1S/C17H19NO2/c19-15(20)17-8-5-16(6-9-17,7-10-17)13-11-18-14-4-2-1-3-12(13)14/h1-4,11,18H,5-10H2,(H,19,20). The van der Waals surface area contributed by atoms with Crippen molar-refractivity contribution in [1.82, 2.24) is 4.98 Å². The molecular weight excluding hydrogens is 250 g/mol. The molecule has 0 saturated heterocycles. The highest BCUT2D eigenvalue weighted by molar-refractivity contribution is 5.84. The number of carboxylic acid groups (broad SMARTS) is 1. The molecule has 1 aromatic heterocycles. The summed E-state index contributed by atoms with van der Waals surface area (Å²) in [5.74, 6) is -0.579. The highest BCUT2D eigenvalue weighted by atomic mass is 16.4. The number of nitrogens with one attached hydrogen (secondary N) is 1. The minimum absolute atomic E-state index is 0.205. The second kappa shape index (κ2) is 3.87. The summed E-state index contributed by atoms with van der Waals surface area (Å²) in [6.07, 6.45) is 7.71. The Hall–Kier alpha value is -1.77. The van der Waals surface area contributed by atoms with Crippen LogP contribution >= 0.6 is 0 Å². The molecule has 3 aliphatic carbocycles. The molecule has 3 nitrogen and oxygen atoms in total. The number of aromatic amines is 1. The van der Waals surface area contributed by atoms with Gasteiger partial charge in [-0.3, -0.25) is 4.79 Å². The Labute approximate surface area is 118 Å². The van der Waals surface area contributed by atoms with Crippen molar-refractivity contribution in [1.29, 1.82) is 0 Å². The van der Waals surface area contributed by atoms with Crippen molar-refractivity contribution in [2.75, 3.05) is 0 Å². The topological polar surface area (TPSA) is 53.1 Å². The molecule has 3 fully saturated rings. The van der Waals surface area contributed by atoms with Gasteiger partial charge in [-0.1, -0.05) is 18.2 Å². The monoisotopic (exact) mass is 269 g/mol. The van der Waals surface area contributed by atoms with E-state index in [1.54, 1.807) is 0 Å². The average molecular weight is 269 g/mol. The number of benzene rings is 1. The SMILES string of the molecule is O=C(O)C12CCC(c3c[nH]c4ccccc34)(CC1)CC2. The Morgan fingerprint density at radius 3 is 2.35 bits per heavy atom. The van der Waals surface area contributed by atoms with E-state index in [-0.39, 0.29) is 5.41 Å². The quantitative estimate of drug-likeness (QED) is 0.870. The summed E-state index contributed by atoms with van der Waals surface area (Å²) >= 11 is 0. The number of para-hydroxylation sites is 1. The molecule has 2 aromatic rings. The van der Waals surface area contributed by atoms with Gasteiger partial charge in [0.05, 0.1) is 5.41 Å². The number of carbonyl (C=O) groups is 1. The molecule has 3 heteroatoms. The molecule has 2 bridgehead atoms. The van der Waals surface area contributed by atoms with Gasteiger partial charge in [0.2, 0.25) is 0 Å². The Kier molecular flexibility index (Phi) is 2.33. The first-order chi connectivity index (χ1) is 9.65. The fourth-order valence-electron chi connectivity index (χ4n) is 4.42. The number of aliphatic carboxylic acids is 1. The second-order valence-electron chi connectivity index (χ2n) is 6.61. The Morgan fingerprint density at radius 1 is 1.05 bits per heavy atom. The third-order valence-corrected chi connectivity index (χ3v) is 5.86. The zero-order valence-corrected chi connectivity index (χ0v) is 11.5. The molecule has 1 aromatic carbocycles. The summed E-state index contributed by atoms with van der Waals surface area (Å²) < 4.78 is 0. The van der Waals surface area contributed by atoms with Crippen molar-refractivity contribution < 1.29 is 9.90 Å². The maximum absolute atomic E-state index is 11.5. The number of hydrogen-bond donors (Lipinski definition) is 2. The smallest absolute Gasteiger partial charge is 0.309 e. The van der Waals surface area contributed by atoms with Gasteiger partial charge in [0.25, 0.3) is 0 Å². The lowest BCUT2D eigenvalue weighted by atomic mass is 9.52. The van der Waals surface area contributed by atoms with E-state index in [1.165, 1.54) is 16.5 Å². The normalized spacial score (nSPS) is 32.6. The summed E-state index contributed by atoms with van der Waals surface area (Å²) in [5, 5.41) is 10.8. The van der Waals surface area contributed by atoms with Crippen LogP contribution in [0.3, 0.4) is 0 Å². The molecule has 5 rings (SSSR count). The van der Waals surface area contributed by atoms with Crippen molar-refractivity contribution in [2.45, 2.75) is 43.9 Å². The van der Waals surface area contributed by atoms with Crippen molar-refractivity contribution in [3.05, 3.63) is 36.0 Å². The van der Waals surface area contributed by atoms with Crippen LogP contribution in [-0.4, -0.2) is 16.1 Å². The molecule has 20 heavy (non-hydrogen) atoms. The number of H-pyrrole nitrogens is 1. The van der Waals surface area contributed by atoms with Gasteiger partial charge in [0.1, 0.15) is 0 Å². The Bertz CT molecular complexity index is 661. The third-order valence-electron chi connectivity index (χ3n) is 5.86. The van der Waals surface area contributed by atoms with Crippen LogP contribution in [0.2, 0.25) is 0 Å². The van der Waals surface area contributed by atoms with Crippen LogP contribution in [0.15, 0.2) is 30.5 Å². The maximum Gasteiger partial charge on any atom is 0.309 e. The van der Waals surface area contributed by atoms with Crippen molar-refractivity contribution in [3.8, 4) is 0 Å². The van der Waals surface area contributed by atoms with Gasteiger partial charge in [-0.2, -0.15) is 0 Å². The fourth-order valence-corrected chi connectivity index (χ4v) is 4.42. The van der Waals surface area contributed by atoms with Crippen LogP contribution in [0.4, 0.5) is 0 Å². The first kappa shape index (κ1) is 12.0. The minimum atomic E-state index is -0.579. The number of fused-ring (bicyclic) bond motifs is 4. The molecule has 2 N–H and O–H groups in total. The van der Waals surface area contributed by atoms with E-state index in [0.717, 1.165) is 38.5 Å². The minimum Gasteiger partial charge on any atom is -0.481 e. The largest absolute Gasteiger partial charge is 0.481 e. The molecule has 104 valence electrons. The zero-order chi connectivity index (χ0) is 13.8. The van der Waals surface area contributed by atoms with Crippen molar-refractivity contribution in [3.63, 3.8) is 0 Å². The molecule has 0 radical (unpaired) electrons. The van der Waals surface area contributed by atoms with Crippen LogP contribution in [-0.2, 0) is 10.2 Å². The highest BCUT2D eigenvalue weighted by Crippen LogP contribution is 2.58. The summed E-state index contributed by atoms with van der Waals surface area (Å²) in [6, 6.07) is 8.44. The molecule has 1 heterocycles. The molecule has 3 aliphatic rings. The van der Waals surface area contributed by atoms with Gasteiger partial charge < -0.3 is 10.1 Å². The molecule has 3 saturated carbocycles. The van der Waals surface area contributed by atoms with Crippen LogP contribution < -0.4 is 0 Å². The molecule has 0 unspecified atom stereocenters. The molecular formula is C17H19NO2. The van der Waals surface area contributed by atoms with Gasteiger partial charge in [-0.05, 0) is 55.6 Å². The van der Waals surface area contributed by atoms with Gasteiger partial charge >= 0.3 is 5.97 Å². The predicted octanol–water partition coefficient (Wildman–Crippen LogP) is 3.84. The van der Waals surface area contributed by atoms with Crippen LogP contribution in [0, 0.1) is 5.41 Å². The summed E-state index contributed by atoms with van der Waals surface area (Å²) in [6.45, 7) is 0. The number of rotatable bonds is 2. The second-order valence-corrected chi connectivity index (χ2v) is 6.61. The van der Waals surface area contributed by atoms with E-state index >= 15 is 0 Å². The molecule has 0 aliphatic heterocycles. The molecule has 0 amide bonds. The Balaban J connectivity index is 1.76. The van der Waals surface area contributed by atoms with E-state index in [0.29, 0.717) is 0 Å². The number of aromatic nitrogens is 1. The average Bonchev–Trinajstić information content (AvgIpc) is 2.93. The summed E-state index contributed by atoms with van der Waals surface area (Å²) in [7, 11) is 0. The van der Waals surface area contributed by atoms with Gasteiger partial charge in [-0.15, -0.1) is 0 Å². The van der Waals surface area contributed by atoms with Crippen LogP contribution in [0.25, 0.3) is 10.9 Å². The lowest BCUT2D eigenvalue weighted by Crippen LogP contribution is -2.47. The lowest BCUT2D eigenvalue weighted by Gasteiger charge is -2.51. The van der Waals surface area contributed by atoms with Crippen LogP contribution in [0.5, 0.6) is 0 Å². The van der Waals surface area contributed by atoms with E-state index in [9.17, 15) is 9.90 Å². The first-order valence-corrected chi connectivity index (χ1v) is 7.45. The lowest BCUT2D eigenvalue weighted by molar-refractivity contribution is -0.156. The first-order valence-electron chi connectivity index (χ1n) is 7.45. The molecule has 0 spiro atoms. The van der Waals surface area contributed by atoms with Gasteiger partial charge in [0.15, 0.2) is 0 Å². The zero-order valence-electron chi connectivity index (χ0n) is 11.5. The maximum atomic E-state index is 11.5. The number of hydrogen-bond acceptors (Lipinski definition) is 1. The van der Waals surface area contributed by atoms with Gasteiger partial charge in [-0.25, -0.2) is 0 Å². The fraction of sp³-hybridized carbons (Fsp3) is 0.471. The van der Waals surface area contributed by atoms with Gasteiger partial charge in [0, 0.05) is 17.1 Å². The van der Waals surface area contributed by atoms with Crippen molar-refractivity contribution >= 4 is 16.9 Å². The van der Waals surface area contributed by atoms with E-state index < -0.39 is 11.4 Å². The summed E-state index contributed by atoms with van der Waals surface area (Å²) in [4.78, 5) is 14.9.